The Morgan fingerprint density at radius 1 is 1.16 bits per heavy atom. The van der Waals surface area contributed by atoms with Crippen molar-refractivity contribution in [3.63, 3.8) is 0 Å². The summed E-state index contributed by atoms with van der Waals surface area (Å²) in [6.07, 6.45) is 2.99. The molecule has 1 aliphatic rings. The molecule has 4 rings (SSSR count). The Balaban J connectivity index is 1.48. The van der Waals surface area contributed by atoms with E-state index in [1.807, 2.05) is 20.2 Å². The van der Waals surface area contributed by atoms with E-state index in [0.717, 1.165) is 24.2 Å². The molecule has 0 spiro atoms. The van der Waals surface area contributed by atoms with Crippen LogP contribution >= 0.6 is 0 Å². The maximum absolute atomic E-state index is 12.8. The number of likely N-dealkylation sites (tertiary alicyclic amines) is 1. The van der Waals surface area contributed by atoms with Crippen molar-refractivity contribution in [3.8, 4) is 0 Å². The van der Waals surface area contributed by atoms with Crippen LogP contribution in [0.2, 0.25) is 0 Å². The van der Waals surface area contributed by atoms with E-state index < -0.39 is 5.69 Å². The normalized spacial score (nSPS) is 14.7. The minimum absolute atomic E-state index is 0.0142. The molecule has 4 heterocycles. The SMILES string of the molecule is Cc1cc(C)n(CC(=O)N2CCC(c3cc4nc(N(C)C)ncc4c(=O)[nH]3)CC2)c(=O)n1. The lowest BCUT2D eigenvalue weighted by Gasteiger charge is -2.32. The Labute approximate surface area is 184 Å². The van der Waals surface area contributed by atoms with Crippen LogP contribution in [0, 0.1) is 13.8 Å². The van der Waals surface area contributed by atoms with E-state index in [1.165, 1.54) is 4.57 Å². The van der Waals surface area contributed by atoms with Crippen LogP contribution in [0.1, 0.15) is 35.8 Å². The summed E-state index contributed by atoms with van der Waals surface area (Å²) in [5.74, 6) is 0.569. The molecule has 0 saturated carbocycles. The van der Waals surface area contributed by atoms with Crippen LogP contribution in [-0.4, -0.2) is 62.5 Å². The molecule has 1 fully saturated rings. The average Bonchev–Trinajstić information content (AvgIpc) is 2.75. The molecule has 0 bridgehead atoms. The number of pyridine rings is 1. The maximum atomic E-state index is 12.8. The number of aromatic amines is 1. The second-order valence-corrected chi connectivity index (χ2v) is 8.48. The molecule has 0 aliphatic carbocycles. The molecule has 0 aromatic carbocycles. The fraction of sp³-hybridized carbons (Fsp3) is 0.455. The molecule has 10 heteroatoms. The number of H-pyrrole nitrogens is 1. The second kappa shape index (κ2) is 8.52. The van der Waals surface area contributed by atoms with Gasteiger partial charge in [-0.2, -0.15) is 4.98 Å². The zero-order chi connectivity index (χ0) is 23.0. The van der Waals surface area contributed by atoms with E-state index in [0.29, 0.717) is 35.6 Å². The van der Waals surface area contributed by atoms with Gasteiger partial charge in [-0.1, -0.05) is 0 Å². The Hall–Kier alpha value is -3.56. The van der Waals surface area contributed by atoms with Gasteiger partial charge in [-0.15, -0.1) is 0 Å². The molecular formula is C22H27N7O3. The number of nitrogens with one attached hydrogen (secondary N) is 1. The molecule has 0 unspecified atom stereocenters. The Morgan fingerprint density at radius 2 is 1.88 bits per heavy atom. The van der Waals surface area contributed by atoms with E-state index >= 15 is 0 Å². The van der Waals surface area contributed by atoms with Gasteiger partial charge in [0.25, 0.3) is 5.56 Å². The largest absolute Gasteiger partial charge is 0.348 e. The number of piperidine rings is 1. The smallest absolute Gasteiger partial charge is 0.347 e. The van der Waals surface area contributed by atoms with E-state index in [4.69, 9.17) is 0 Å². The van der Waals surface area contributed by atoms with Crippen LogP contribution in [0.3, 0.4) is 0 Å². The number of nitrogens with zero attached hydrogens (tertiary/aromatic N) is 6. The summed E-state index contributed by atoms with van der Waals surface area (Å²) in [7, 11) is 3.70. The predicted molar refractivity (Wildman–Crippen MR) is 121 cm³/mol. The quantitative estimate of drug-likeness (QED) is 0.646. The fourth-order valence-electron chi connectivity index (χ4n) is 4.13. The molecule has 1 N–H and O–H groups in total. The average molecular weight is 438 g/mol. The number of aromatic nitrogens is 5. The van der Waals surface area contributed by atoms with Crippen LogP contribution in [-0.2, 0) is 11.3 Å². The molecule has 32 heavy (non-hydrogen) atoms. The first-order valence-electron chi connectivity index (χ1n) is 10.6. The third-order valence-electron chi connectivity index (χ3n) is 5.93. The van der Waals surface area contributed by atoms with Crippen LogP contribution in [0.5, 0.6) is 0 Å². The van der Waals surface area contributed by atoms with E-state index in [2.05, 4.69) is 19.9 Å². The van der Waals surface area contributed by atoms with Gasteiger partial charge in [-0.05, 0) is 38.8 Å². The number of carbonyl (C=O) groups excluding carboxylic acids is 1. The molecule has 1 aliphatic heterocycles. The first kappa shape index (κ1) is 21.7. The van der Waals surface area contributed by atoms with Crippen molar-refractivity contribution in [3.05, 3.63) is 56.2 Å². The zero-order valence-electron chi connectivity index (χ0n) is 18.8. The van der Waals surface area contributed by atoms with Crippen molar-refractivity contribution in [1.82, 2.24) is 29.4 Å². The topological polar surface area (TPSA) is 117 Å². The second-order valence-electron chi connectivity index (χ2n) is 8.48. The molecular weight excluding hydrogens is 410 g/mol. The van der Waals surface area contributed by atoms with Crippen molar-refractivity contribution in [1.29, 1.82) is 0 Å². The van der Waals surface area contributed by atoms with Crippen molar-refractivity contribution < 1.29 is 4.79 Å². The molecule has 1 amide bonds. The van der Waals surface area contributed by atoms with Crippen molar-refractivity contribution in [2.75, 3.05) is 32.1 Å². The highest BCUT2D eigenvalue weighted by Gasteiger charge is 2.25. The van der Waals surface area contributed by atoms with Gasteiger partial charge in [0.1, 0.15) is 6.54 Å². The van der Waals surface area contributed by atoms with Gasteiger partial charge in [0.05, 0.1) is 10.9 Å². The number of anilines is 1. The van der Waals surface area contributed by atoms with Crippen molar-refractivity contribution in [2.45, 2.75) is 39.2 Å². The lowest BCUT2D eigenvalue weighted by molar-refractivity contribution is -0.133. The number of aryl methyl sites for hydroxylation is 2. The van der Waals surface area contributed by atoms with Gasteiger partial charge in [-0.25, -0.2) is 14.8 Å². The molecule has 168 valence electrons. The highest BCUT2D eigenvalue weighted by atomic mass is 16.2. The van der Waals surface area contributed by atoms with Crippen LogP contribution in [0.25, 0.3) is 10.9 Å². The molecule has 1 saturated heterocycles. The van der Waals surface area contributed by atoms with Crippen LogP contribution in [0.15, 0.2) is 27.9 Å². The Morgan fingerprint density at radius 3 is 2.53 bits per heavy atom. The lowest BCUT2D eigenvalue weighted by atomic mass is 9.92. The van der Waals surface area contributed by atoms with Gasteiger partial charge in [0.2, 0.25) is 11.9 Å². The lowest BCUT2D eigenvalue weighted by Crippen LogP contribution is -2.42. The molecule has 10 nitrogen and oxygen atoms in total. The Bertz CT molecular complexity index is 1290. The highest BCUT2D eigenvalue weighted by molar-refractivity contribution is 5.78. The Kier molecular flexibility index (Phi) is 5.77. The summed E-state index contributed by atoms with van der Waals surface area (Å²) < 4.78 is 1.41. The summed E-state index contributed by atoms with van der Waals surface area (Å²) in [4.78, 5) is 56.6. The van der Waals surface area contributed by atoms with E-state index in [1.54, 1.807) is 35.9 Å². The van der Waals surface area contributed by atoms with Gasteiger partial charge < -0.3 is 14.8 Å². The number of hydrogen-bond donors (Lipinski definition) is 1. The molecule has 3 aromatic rings. The van der Waals surface area contributed by atoms with Gasteiger partial charge in [0, 0.05) is 56.4 Å². The minimum Gasteiger partial charge on any atom is -0.347 e. The van der Waals surface area contributed by atoms with Gasteiger partial charge >= 0.3 is 5.69 Å². The number of amides is 1. The summed E-state index contributed by atoms with van der Waals surface area (Å²) >= 11 is 0. The predicted octanol–water partition coefficient (Wildman–Crippen LogP) is 0.964. The fourth-order valence-corrected chi connectivity index (χ4v) is 4.13. The highest BCUT2D eigenvalue weighted by Crippen LogP contribution is 2.27. The summed E-state index contributed by atoms with van der Waals surface area (Å²) in [5.41, 5.74) is 2.19. The third-order valence-corrected chi connectivity index (χ3v) is 5.93. The summed E-state index contributed by atoms with van der Waals surface area (Å²) in [6, 6.07) is 3.71. The minimum atomic E-state index is -0.404. The molecule has 0 radical (unpaired) electrons. The van der Waals surface area contributed by atoms with Crippen LogP contribution < -0.4 is 16.1 Å². The summed E-state index contributed by atoms with van der Waals surface area (Å²) in [5, 5.41) is 0.458. The first-order chi connectivity index (χ1) is 15.2. The zero-order valence-corrected chi connectivity index (χ0v) is 18.8. The number of fused-ring (bicyclic) bond motifs is 1. The van der Waals surface area contributed by atoms with E-state index in [-0.39, 0.29) is 23.9 Å². The van der Waals surface area contributed by atoms with Gasteiger partial charge in [0.15, 0.2) is 0 Å². The maximum Gasteiger partial charge on any atom is 0.348 e. The van der Waals surface area contributed by atoms with Crippen molar-refractivity contribution >= 4 is 22.8 Å². The monoisotopic (exact) mass is 437 g/mol. The number of carbonyl (C=O) groups is 1. The van der Waals surface area contributed by atoms with Gasteiger partial charge in [-0.3, -0.25) is 14.2 Å². The van der Waals surface area contributed by atoms with E-state index in [9.17, 15) is 14.4 Å². The van der Waals surface area contributed by atoms with Crippen molar-refractivity contribution in [2.24, 2.45) is 0 Å². The molecule has 0 atom stereocenters. The summed E-state index contributed by atoms with van der Waals surface area (Å²) in [6.45, 7) is 4.67. The number of rotatable bonds is 4. The van der Waals surface area contributed by atoms with Crippen LogP contribution in [0.4, 0.5) is 5.95 Å². The standard InChI is InChI=1S/C22H27N7O3/c1-13-9-14(2)29(22(32)24-13)12-19(30)28-7-5-15(6-8-28)17-10-18-16(20(31)25-17)11-23-21(26-18)27(3)4/h9-11,15H,5-8,12H2,1-4H3,(H,25,31). The molecule has 3 aromatic heterocycles. The first-order valence-corrected chi connectivity index (χ1v) is 10.6. The number of hydrogen-bond acceptors (Lipinski definition) is 7. The third kappa shape index (κ3) is 4.25.